The summed E-state index contributed by atoms with van der Waals surface area (Å²) in [6.45, 7) is 5.78. The first-order chi connectivity index (χ1) is 19.4. The van der Waals surface area contributed by atoms with Crippen molar-refractivity contribution in [2.75, 3.05) is 38.1 Å². The lowest BCUT2D eigenvalue weighted by Crippen LogP contribution is -2.43. The molecule has 3 fully saturated rings. The van der Waals surface area contributed by atoms with E-state index in [4.69, 9.17) is 9.72 Å². The second kappa shape index (κ2) is 9.80. The zero-order valence-corrected chi connectivity index (χ0v) is 22.4. The predicted octanol–water partition coefficient (Wildman–Crippen LogP) is 4.76. The van der Waals surface area contributed by atoms with Crippen LogP contribution in [0.5, 0.6) is 6.01 Å². The van der Waals surface area contributed by atoms with Gasteiger partial charge >= 0.3 is 6.01 Å². The average Bonchev–Trinajstić information content (AvgIpc) is 3.27. The van der Waals surface area contributed by atoms with E-state index in [0.29, 0.717) is 66.8 Å². The summed E-state index contributed by atoms with van der Waals surface area (Å²) in [6, 6.07) is 9.62. The Labute approximate surface area is 232 Å². The van der Waals surface area contributed by atoms with Gasteiger partial charge in [-0.1, -0.05) is 24.8 Å². The molecule has 1 amide bonds. The van der Waals surface area contributed by atoms with E-state index >= 15 is 4.39 Å². The highest BCUT2D eigenvalue weighted by Crippen LogP contribution is 2.58. The van der Waals surface area contributed by atoms with Crippen LogP contribution in [0.25, 0.3) is 22.0 Å². The van der Waals surface area contributed by atoms with Crippen molar-refractivity contribution in [2.24, 2.45) is 5.92 Å². The lowest BCUT2D eigenvalue weighted by Gasteiger charge is -2.30. The SMILES string of the molecule is C=CC(=O)NCCNc1nc(OC[C@@]23CCCN2C[C@H](F)C3)nc2cc(-c3cccc4c3C3CC3C4)c(F)cc12. The fraction of sp³-hybridized carbons (Fsp3) is 0.452. The molecule has 7 rings (SSSR count). The molecule has 3 aromatic rings. The third-order valence-electron chi connectivity index (χ3n) is 9.16. The van der Waals surface area contributed by atoms with E-state index in [0.717, 1.165) is 31.4 Å². The Morgan fingerprint density at radius 3 is 3.02 bits per heavy atom. The van der Waals surface area contributed by atoms with Crippen LogP contribution in [0.1, 0.15) is 42.7 Å². The molecule has 0 spiro atoms. The third kappa shape index (κ3) is 4.40. The molecule has 208 valence electrons. The molecule has 4 aliphatic rings. The number of nitrogens with zero attached hydrogens (tertiary/aromatic N) is 3. The Balaban J connectivity index is 1.23. The minimum absolute atomic E-state index is 0.173. The van der Waals surface area contributed by atoms with Gasteiger partial charge in [-0.05, 0) is 79.0 Å². The molecule has 2 saturated heterocycles. The number of anilines is 1. The predicted molar refractivity (Wildman–Crippen MR) is 150 cm³/mol. The minimum Gasteiger partial charge on any atom is -0.461 e. The molecule has 2 N–H and O–H groups in total. The summed E-state index contributed by atoms with van der Waals surface area (Å²) in [4.78, 5) is 23.0. The van der Waals surface area contributed by atoms with Crippen LogP contribution in [-0.4, -0.2) is 65.3 Å². The van der Waals surface area contributed by atoms with Crippen molar-refractivity contribution in [3.63, 3.8) is 0 Å². The number of carbonyl (C=O) groups is 1. The first kappa shape index (κ1) is 25.4. The maximum absolute atomic E-state index is 15.7. The molecule has 2 unspecified atom stereocenters. The molecule has 40 heavy (non-hydrogen) atoms. The number of ether oxygens (including phenoxy) is 1. The van der Waals surface area contributed by atoms with Gasteiger partial charge in [0, 0.05) is 37.0 Å². The highest BCUT2D eigenvalue weighted by Gasteiger charge is 2.49. The van der Waals surface area contributed by atoms with E-state index in [1.807, 2.05) is 12.1 Å². The fourth-order valence-corrected chi connectivity index (χ4v) is 7.19. The molecule has 4 atom stereocenters. The van der Waals surface area contributed by atoms with Crippen molar-refractivity contribution in [2.45, 2.75) is 49.7 Å². The van der Waals surface area contributed by atoms with Gasteiger partial charge in [-0.2, -0.15) is 9.97 Å². The number of amides is 1. The van der Waals surface area contributed by atoms with Gasteiger partial charge in [0.1, 0.15) is 24.4 Å². The Morgan fingerprint density at radius 1 is 1.25 bits per heavy atom. The molecule has 0 radical (unpaired) electrons. The van der Waals surface area contributed by atoms with Crippen molar-refractivity contribution in [3.05, 3.63) is 59.9 Å². The molecule has 3 heterocycles. The Morgan fingerprint density at radius 2 is 2.15 bits per heavy atom. The van der Waals surface area contributed by atoms with Gasteiger partial charge in [0.25, 0.3) is 0 Å². The third-order valence-corrected chi connectivity index (χ3v) is 9.16. The number of aromatic nitrogens is 2. The maximum Gasteiger partial charge on any atom is 0.319 e. The van der Waals surface area contributed by atoms with Crippen LogP contribution in [0.3, 0.4) is 0 Å². The van der Waals surface area contributed by atoms with Crippen molar-refractivity contribution in [3.8, 4) is 17.1 Å². The summed E-state index contributed by atoms with van der Waals surface area (Å²) in [5.74, 6) is 1.03. The average molecular weight is 546 g/mol. The van der Waals surface area contributed by atoms with Crippen LogP contribution >= 0.6 is 0 Å². The number of hydrogen-bond acceptors (Lipinski definition) is 6. The minimum atomic E-state index is -0.853. The summed E-state index contributed by atoms with van der Waals surface area (Å²) in [6.07, 6.45) is 4.95. The van der Waals surface area contributed by atoms with Crippen molar-refractivity contribution >= 4 is 22.6 Å². The Kier molecular flexibility index (Phi) is 6.22. The zero-order valence-electron chi connectivity index (χ0n) is 22.4. The van der Waals surface area contributed by atoms with Gasteiger partial charge in [0.05, 0.1) is 11.1 Å². The van der Waals surface area contributed by atoms with Crippen LogP contribution in [-0.2, 0) is 11.2 Å². The number of fused-ring (bicyclic) bond motifs is 5. The molecule has 1 aromatic heterocycles. The normalized spacial score (nSPS) is 26.3. The van der Waals surface area contributed by atoms with E-state index < -0.39 is 6.17 Å². The van der Waals surface area contributed by atoms with Crippen LogP contribution in [0.4, 0.5) is 14.6 Å². The topological polar surface area (TPSA) is 79.4 Å². The van der Waals surface area contributed by atoms with Gasteiger partial charge < -0.3 is 15.4 Å². The largest absolute Gasteiger partial charge is 0.461 e. The molecule has 2 aromatic carbocycles. The van der Waals surface area contributed by atoms with E-state index in [-0.39, 0.29) is 23.3 Å². The summed E-state index contributed by atoms with van der Waals surface area (Å²) in [7, 11) is 0. The first-order valence-electron chi connectivity index (χ1n) is 14.2. The van der Waals surface area contributed by atoms with E-state index in [1.54, 1.807) is 6.07 Å². The molecule has 2 aliphatic heterocycles. The van der Waals surface area contributed by atoms with E-state index in [2.05, 4.69) is 33.2 Å². The quantitative estimate of drug-likeness (QED) is 0.298. The number of halogens is 2. The molecule has 1 saturated carbocycles. The van der Waals surface area contributed by atoms with Crippen LogP contribution in [0.2, 0.25) is 0 Å². The van der Waals surface area contributed by atoms with Crippen LogP contribution in [0, 0.1) is 11.7 Å². The van der Waals surface area contributed by atoms with Gasteiger partial charge in [0.15, 0.2) is 0 Å². The lowest BCUT2D eigenvalue weighted by atomic mass is 9.93. The molecule has 7 nitrogen and oxygen atoms in total. The highest BCUT2D eigenvalue weighted by molar-refractivity contribution is 5.93. The van der Waals surface area contributed by atoms with Gasteiger partial charge in [0.2, 0.25) is 5.91 Å². The number of alkyl halides is 1. The van der Waals surface area contributed by atoms with E-state index in [1.165, 1.54) is 29.7 Å². The smallest absolute Gasteiger partial charge is 0.319 e. The number of hydrogen-bond donors (Lipinski definition) is 2. The highest BCUT2D eigenvalue weighted by atomic mass is 19.1. The maximum atomic E-state index is 15.7. The Hall–Kier alpha value is -3.59. The fourth-order valence-electron chi connectivity index (χ4n) is 7.19. The number of rotatable bonds is 9. The second-order valence-electron chi connectivity index (χ2n) is 11.7. The standard InChI is InChI=1S/C31H33F2N5O2/c1-2-27(39)34-8-9-35-29-24-13-25(33)23(21-6-3-5-18-11-19-12-22(19)28(18)21)14-26(24)36-30(37-29)40-17-31-7-4-10-38(31)16-20(32)15-31/h2-3,5-6,13-14,19-20,22H,1,4,7-12,15-17H2,(H,34,39)(H,35,36,37)/t19?,20-,22?,31+/m1/s1. The summed E-state index contributed by atoms with van der Waals surface area (Å²) < 4.78 is 36.2. The first-order valence-corrected chi connectivity index (χ1v) is 14.2. The van der Waals surface area contributed by atoms with Crippen LogP contribution in [0.15, 0.2) is 43.0 Å². The van der Waals surface area contributed by atoms with Crippen molar-refractivity contribution in [1.29, 1.82) is 0 Å². The Bertz CT molecular complexity index is 1510. The van der Waals surface area contributed by atoms with Crippen molar-refractivity contribution < 1.29 is 18.3 Å². The monoisotopic (exact) mass is 545 g/mol. The number of benzene rings is 2. The van der Waals surface area contributed by atoms with Gasteiger partial charge in [-0.25, -0.2) is 8.78 Å². The van der Waals surface area contributed by atoms with Crippen LogP contribution < -0.4 is 15.4 Å². The second-order valence-corrected chi connectivity index (χ2v) is 11.7. The molecular formula is C31H33F2N5O2. The molecule has 2 aliphatic carbocycles. The van der Waals surface area contributed by atoms with Crippen molar-refractivity contribution in [1.82, 2.24) is 20.2 Å². The summed E-state index contributed by atoms with van der Waals surface area (Å²) >= 11 is 0. The summed E-state index contributed by atoms with van der Waals surface area (Å²) in [5.41, 5.74) is 4.29. The number of carbonyl (C=O) groups excluding carboxylic acids is 1. The molecule has 0 bridgehead atoms. The summed E-state index contributed by atoms with van der Waals surface area (Å²) in [5, 5.41) is 6.47. The number of nitrogens with one attached hydrogen (secondary N) is 2. The van der Waals surface area contributed by atoms with Gasteiger partial charge in [-0.3, -0.25) is 9.69 Å². The van der Waals surface area contributed by atoms with Gasteiger partial charge in [-0.15, -0.1) is 0 Å². The van der Waals surface area contributed by atoms with E-state index in [9.17, 15) is 9.18 Å². The molecular weight excluding hydrogens is 512 g/mol. The molecule has 9 heteroatoms. The lowest BCUT2D eigenvalue weighted by molar-refractivity contribution is -0.116. The zero-order chi connectivity index (χ0) is 27.4.